The van der Waals surface area contributed by atoms with Crippen molar-refractivity contribution in [3.05, 3.63) is 38.6 Å². The van der Waals surface area contributed by atoms with Gasteiger partial charge in [0.1, 0.15) is 10.7 Å². The number of hydrogen-bond donors (Lipinski definition) is 0. The fraction of sp³-hybridized carbons (Fsp3) is 0.353. The van der Waals surface area contributed by atoms with Gasteiger partial charge in [0.05, 0.1) is 12.5 Å². The molecule has 0 atom stereocenters. The Morgan fingerprint density at radius 3 is 2.83 bits per heavy atom. The normalized spacial score (nSPS) is 11.1. The quantitative estimate of drug-likeness (QED) is 0.649. The predicted molar refractivity (Wildman–Crippen MR) is 97.9 cm³/mol. The molecule has 5 nitrogen and oxygen atoms in total. The highest BCUT2D eigenvalue weighted by molar-refractivity contribution is 7.20. The first-order chi connectivity index (χ1) is 11.5. The topological polar surface area (TPSA) is 61.2 Å². The third kappa shape index (κ3) is 3.01. The van der Waals surface area contributed by atoms with Gasteiger partial charge in [0.2, 0.25) is 0 Å². The molecule has 0 unspecified atom stereocenters. The molecule has 0 spiro atoms. The Bertz CT molecular complexity index is 939. The van der Waals surface area contributed by atoms with E-state index >= 15 is 0 Å². The van der Waals surface area contributed by atoms with Gasteiger partial charge in [0.25, 0.3) is 5.56 Å². The maximum atomic E-state index is 13.0. The molecule has 0 fully saturated rings. The van der Waals surface area contributed by atoms with Gasteiger partial charge in [-0.05, 0) is 31.7 Å². The number of nitrogens with zero attached hydrogens (tertiary/aromatic N) is 2. The number of thiophene rings is 2. The smallest absolute Gasteiger partial charge is 0.305 e. The van der Waals surface area contributed by atoms with Crippen LogP contribution in [0.15, 0.2) is 22.3 Å². The lowest BCUT2D eigenvalue weighted by Gasteiger charge is -2.09. The number of hydrogen-bond acceptors (Lipinski definition) is 6. The summed E-state index contributed by atoms with van der Waals surface area (Å²) in [5, 5.41) is 2.69. The van der Waals surface area contributed by atoms with E-state index in [-0.39, 0.29) is 11.5 Å². The fourth-order valence-corrected chi connectivity index (χ4v) is 4.73. The van der Waals surface area contributed by atoms with E-state index in [1.807, 2.05) is 31.4 Å². The minimum atomic E-state index is -0.264. The molecule has 0 saturated heterocycles. The Labute approximate surface area is 147 Å². The number of fused-ring (bicyclic) bond motifs is 1. The van der Waals surface area contributed by atoms with Crippen molar-refractivity contribution in [1.82, 2.24) is 9.55 Å². The molecule has 0 aromatic carbocycles. The van der Waals surface area contributed by atoms with E-state index in [0.29, 0.717) is 30.6 Å². The van der Waals surface area contributed by atoms with Crippen molar-refractivity contribution in [3.8, 4) is 10.4 Å². The molecule has 0 N–H and O–H groups in total. The molecule has 0 saturated carbocycles. The van der Waals surface area contributed by atoms with Crippen molar-refractivity contribution >= 4 is 38.9 Å². The number of methoxy groups -OCH3 is 1. The van der Waals surface area contributed by atoms with E-state index in [1.54, 1.807) is 27.2 Å². The molecule has 0 aliphatic carbocycles. The first-order valence-corrected chi connectivity index (χ1v) is 9.33. The van der Waals surface area contributed by atoms with Crippen LogP contribution in [0.25, 0.3) is 20.7 Å². The Morgan fingerprint density at radius 2 is 2.17 bits per heavy atom. The summed E-state index contributed by atoms with van der Waals surface area (Å²) in [7, 11) is 1.37. The zero-order chi connectivity index (χ0) is 17.3. The minimum absolute atomic E-state index is 0.0323. The van der Waals surface area contributed by atoms with Gasteiger partial charge in [0.15, 0.2) is 0 Å². The maximum absolute atomic E-state index is 13.0. The van der Waals surface area contributed by atoms with Crippen molar-refractivity contribution in [3.63, 3.8) is 0 Å². The Morgan fingerprint density at radius 1 is 1.38 bits per heavy atom. The number of aromatic nitrogens is 2. The summed E-state index contributed by atoms with van der Waals surface area (Å²) in [5.74, 6) is 0.414. The third-order valence-corrected chi connectivity index (χ3v) is 5.82. The van der Waals surface area contributed by atoms with Crippen LogP contribution in [-0.4, -0.2) is 22.6 Å². The van der Waals surface area contributed by atoms with Crippen molar-refractivity contribution in [2.75, 3.05) is 7.11 Å². The summed E-state index contributed by atoms with van der Waals surface area (Å²) in [5.41, 5.74) is 0.958. The summed E-state index contributed by atoms with van der Waals surface area (Å²) in [6, 6.07) is 4.01. The summed E-state index contributed by atoms with van der Waals surface area (Å²) in [6.45, 7) is 4.32. The lowest BCUT2D eigenvalue weighted by molar-refractivity contribution is -0.140. The highest BCUT2D eigenvalue weighted by atomic mass is 32.1. The molecule has 3 heterocycles. The second-order valence-corrected chi connectivity index (χ2v) is 7.64. The molecule has 0 radical (unpaired) electrons. The molecule has 3 aromatic heterocycles. The summed E-state index contributed by atoms with van der Waals surface area (Å²) < 4.78 is 6.31. The van der Waals surface area contributed by atoms with Gasteiger partial charge in [-0.3, -0.25) is 14.2 Å². The van der Waals surface area contributed by atoms with Crippen molar-refractivity contribution in [1.29, 1.82) is 0 Å². The Hall–Kier alpha value is -1.99. The monoisotopic (exact) mass is 362 g/mol. The second-order valence-electron chi connectivity index (χ2n) is 5.49. The van der Waals surface area contributed by atoms with Gasteiger partial charge in [-0.25, -0.2) is 4.98 Å². The zero-order valence-corrected chi connectivity index (χ0v) is 15.4. The average molecular weight is 362 g/mol. The number of esters is 1. The van der Waals surface area contributed by atoms with Gasteiger partial charge >= 0.3 is 5.97 Å². The minimum Gasteiger partial charge on any atom is -0.469 e. The summed E-state index contributed by atoms with van der Waals surface area (Å²) in [6.07, 6.45) is 0.846. The zero-order valence-electron chi connectivity index (χ0n) is 13.8. The van der Waals surface area contributed by atoms with Crippen LogP contribution in [0.3, 0.4) is 0 Å². The van der Waals surface area contributed by atoms with Gasteiger partial charge in [-0.1, -0.05) is 6.07 Å². The molecule has 7 heteroatoms. The van der Waals surface area contributed by atoms with Crippen LogP contribution < -0.4 is 5.56 Å². The van der Waals surface area contributed by atoms with Gasteiger partial charge in [0, 0.05) is 28.3 Å². The second kappa shape index (κ2) is 6.86. The summed E-state index contributed by atoms with van der Waals surface area (Å²) >= 11 is 3.18. The van der Waals surface area contributed by atoms with E-state index in [9.17, 15) is 9.59 Å². The van der Waals surface area contributed by atoms with Crippen molar-refractivity contribution in [2.45, 2.75) is 33.2 Å². The van der Waals surface area contributed by atoms with Crippen molar-refractivity contribution < 1.29 is 9.53 Å². The highest BCUT2D eigenvalue weighted by Gasteiger charge is 2.19. The molecule has 126 valence electrons. The first kappa shape index (κ1) is 16.9. The average Bonchev–Trinajstić information content (AvgIpc) is 3.17. The standard InChI is InChI=1S/C17H18N2O3S2/c1-10-14(12-6-5-9-23-12)15-16(24-10)18-11(2)19(17(15)21)8-4-7-13(20)22-3/h5-6,9H,4,7-8H2,1-3H3. The molecule has 0 aliphatic rings. The molecule has 24 heavy (non-hydrogen) atoms. The molecule has 3 aromatic rings. The molecule has 0 bridgehead atoms. The van der Waals surface area contributed by atoms with E-state index < -0.39 is 0 Å². The van der Waals surface area contributed by atoms with Crippen LogP contribution in [0.5, 0.6) is 0 Å². The maximum Gasteiger partial charge on any atom is 0.305 e. The number of ether oxygens (including phenoxy) is 1. The van der Waals surface area contributed by atoms with Crippen LogP contribution in [0.1, 0.15) is 23.5 Å². The van der Waals surface area contributed by atoms with Crippen LogP contribution in [0, 0.1) is 13.8 Å². The van der Waals surface area contributed by atoms with Crippen LogP contribution in [0.4, 0.5) is 0 Å². The number of rotatable bonds is 5. The van der Waals surface area contributed by atoms with E-state index in [4.69, 9.17) is 0 Å². The van der Waals surface area contributed by atoms with E-state index in [2.05, 4.69) is 9.72 Å². The lowest BCUT2D eigenvalue weighted by atomic mass is 10.1. The number of carbonyl (C=O) groups excluding carboxylic acids is 1. The first-order valence-electron chi connectivity index (χ1n) is 7.64. The largest absolute Gasteiger partial charge is 0.469 e. The molecular weight excluding hydrogens is 344 g/mol. The van der Waals surface area contributed by atoms with Crippen molar-refractivity contribution in [2.24, 2.45) is 0 Å². The van der Waals surface area contributed by atoms with Gasteiger partial charge < -0.3 is 4.74 Å². The highest BCUT2D eigenvalue weighted by Crippen LogP contribution is 2.37. The predicted octanol–water partition coefficient (Wildman–Crippen LogP) is 3.76. The van der Waals surface area contributed by atoms with Crippen LogP contribution in [0.2, 0.25) is 0 Å². The number of aryl methyl sites for hydroxylation is 2. The third-order valence-electron chi connectivity index (χ3n) is 3.94. The van der Waals surface area contributed by atoms with Crippen LogP contribution in [-0.2, 0) is 16.1 Å². The van der Waals surface area contributed by atoms with Gasteiger partial charge in [-0.2, -0.15) is 0 Å². The lowest BCUT2D eigenvalue weighted by Crippen LogP contribution is -2.24. The molecule has 0 aliphatic heterocycles. The Balaban J connectivity index is 2.07. The van der Waals surface area contributed by atoms with Gasteiger partial charge in [-0.15, -0.1) is 22.7 Å². The number of carbonyl (C=O) groups is 1. The SMILES string of the molecule is COC(=O)CCCn1c(C)nc2sc(C)c(-c3cccs3)c2c1=O. The van der Waals surface area contributed by atoms with E-state index in [0.717, 1.165) is 20.1 Å². The van der Waals surface area contributed by atoms with Crippen LogP contribution >= 0.6 is 22.7 Å². The molecular formula is C17H18N2O3S2. The fourth-order valence-electron chi connectivity index (χ4n) is 2.76. The molecule has 0 amide bonds. The van der Waals surface area contributed by atoms with E-state index in [1.165, 1.54) is 7.11 Å². The molecule has 3 rings (SSSR count). The Kier molecular flexibility index (Phi) is 4.82. The summed E-state index contributed by atoms with van der Waals surface area (Å²) in [4.78, 5) is 31.9.